The Morgan fingerprint density at radius 3 is 2.93 bits per heavy atom. The third kappa shape index (κ3) is 1.59. The zero-order chi connectivity index (χ0) is 11.0. The molecule has 0 aliphatic carbocycles. The lowest BCUT2D eigenvalue weighted by Crippen LogP contribution is -2.02. The van der Waals surface area contributed by atoms with Crippen molar-refractivity contribution in [1.82, 2.24) is 0 Å². The highest BCUT2D eigenvalue weighted by molar-refractivity contribution is 9.10. The van der Waals surface area contributed by atoms with E-state index in [1.807, 2.05) is 6.07 Å². The predicted octanol–water partition coefficient (Wildman–Crippen LogP) is 2.56. The van der Waals surface area contributed by atoms with Crippen LogP contribution in [0.15, 0.2) is 27.1 Å². The van der Waals surface area contributed by atoms with E-state index in [0.717, 1.165) is 4.47 Å². The summed E-state index contributed by atoms with van der Waals surface area (Å²) in [5.74, 6) is -0.523. The van der Waals surface area contributed by atoms with Crippen molar-refractivity contribution in [3.05, 3.63) is 28.4 Å². The Hall–Kier alpha value is -1.49. The Bertz CT molecular complexity index is 533. The van der Waals surface area contributed by atoms with Gasteiger partial charge in [-0.3, -0.25) is 0 Å². The molecular formula is C10H8BrNO3. The minimum atomic E-state index is -0.570. The third-order valence-electron chi connectivity index (χ3n) is 2.06. The number of hydrogen-bond donors (Lipinski definition) is 1. The molecular weight excluding hydrogens is 262 g/mol. The van der Waals surface area contributed by atoms with E-state index in [1.54, 1.807) is 12.1 Å². The van der Waals surface area contributed by atoms with Gasteiger partial charge >= 0.3 is 5.97 Å². The molecule has 0 bridgehead atoms. The number of furan rings is 1. The summed E-state index contributed by atoms with van der Waals surface area (Å²) in [5.41, 5.74) is 6.64. The number of nitrogens with two attached hydrogens (primary N) is 1. The van der Waals surface area contributed by atoms with Crippen LogP contribution < -0.4 is 5.73 Å². The SMILES string of the molecule is COC(=O)c1oc2ccc(Br)cc2c1N. The maximum absolute atomic E-state index is 11.3. The molecule has 5 heteroatoms. The van der Waals surface area contributed by atoms with E-state index in [-0.39, 0.29) is 5.76 Å². The normalized spacial score (nSPS) is 10.5. The lowest BCUT2D eigenvalue weighted by Gasteiger charge is -1.94. The number of benzene rings is 1. The molecule has 1 aromatic carbocycles. The average molecular weight is 270 g/mol. The molecule has 78 valence electrons. The molecule has 0 radical (unpaired) electrons. The number of esters is 1. The lowest BCUT2D eigenvalue weighted by molar-refractivity contribution is 0.0569. The molecule has 0 atom stereocenters. The van der Waals surface area contributed by atoms with E-state index in [2.05, 4.69) is 20.7 Å². The van der Waals surface area contributed by atoms with E-state index in [1.165, 1.54) is 7.11 Å². The van der Waals surface area contributed by atoms with E-state index in [0.29, 0.717) is 16.7 Å². The van der Waals surface area contributed by atoms with Crippen LogP contribution in [0.5, 0.6) is 0 Å². The molecule has 0 aliphatic rings. The van der Waals surface area contributed by atoms with Crippen LogP contribution in [0.2, 0.25) is 0 Å². The minimum absolute atomic E-state index is 0.0469. The molecule has 0 fully saturated rings. The van der Waals surface area contributed by atoms with Gasteiger partial charge in [0, 0.05) is 9.86 Å². The fraction of sp³-hybridized carbons (Fsp3) is 0.100. The maximum Gasteiger partial charge on any atom is 0.376 e. The summed E-state index contributed by atoms with van der Waals surface area (Å²) in [5, 5.41) is 0.699. The monoisotopic (exact) mass is 269 g/mol. The summed E-state index contributed by atoms with van der Waals surface area (Å²) >= 11 is 3.32. The van der Waals surface area contributed by atoms with Crippen LogP contribution in [0.3, 0.4) is 0 Å². The molecule has 1 heterocycles. The molecule has 0 unspecified atom stereocenters. The van der Waals surface area contributed by atoms with Crippen molar-refractivity contribution in [1.29, 1.82) is 0 Å². The highest BCUT2D eigenvalue weighted by Crippen LogP contribution is 2.30. The van der Waals surface area contributed by atoms with E-state index in [4.69, 9.17) is 10.2 Å². The predicted molar refractivity (Wildman–Crippen MR) is 59.7 cm³/mol. The highest BCUT2D eigenvalue weighted by Gasteiger charge is 2.18. The molecule has 2 aromatic rings. The van der Waals surface area contributed by atoms with Gasteiger partial charge in [0.2, 0.25) is 5.76 Å². The van der Waals surface area contributed by atoms with Crippen LogP contribution in [0.1, 0.15) is 10.6 Å². The maximum atomic E-state index is 11.3. The second-order valence-corrected chi connectivity index (χ2v) is 3.89. The fourth-order valence-electron chi connectivity index (χ4n) is 1.33. The van der Waals surface area contributed by atoms with Gasteiger partial charge in [0.05, 0.1) is 12.8 Å². The Labute approximate surface area is 94.1 Å². The molecule has 4 nitrogen and oxygen atoms in total. The second-order valence-electron chi connectivity index (χ2n) is 2.98. The molecule has 0 amide bonds. The van der Waals surface area contributed by atoms with Gasteiger partial charge in [-0.25, -0.2) is 4.79 Å². The first-order valence-electron chi connectivity index (χ1n) is 4.19. The van der Waals surface area contributed by atoms with Crippen LogP contribution in [-0.2, 0) is 4.74 Å². The Balaban J connectivity index is 2.69. The van der Waals surface area contributed by atoms with Crippen molar-refractivity contribution in [3.8, 4) is 0 Å². The molecule has 1 aromatic heterocycles. The molecule has 2 rings (SSSR count). The first-order chi connectivity index (χ1) is 7.13. The van der Waals surface area contributed by atoms with Gasteiger partial charge in [-0.1, -0.05) is 15.9 Å². The van der Waals surface area contributed by atoms with Gasteiger partial charge in [0.25, 0.3) is 0 Å². The van der Waals surface area contributed by atoms with Crippen molar-refractivity contribution in [2.75, 3.05) is 12.8 Å². The van der Waals surface area contributed by atoms with Crippen LogP contribution >= 0.6 is 15.9 Å². The summed E-state index contributed by atoms with van der Waals surface area (Å²) in [7, 11) is 1.28. The number of methoxy groups -OCH3 is 1. The van der Waals surface area contributed by atoms with Crippen molar-refractivity contribution in [2.45, 2.75) is 0 Å². The number of hydrogen-bond acceptors (Lipinski definition) is 4. The largest absolute Gasteiger partial charge is 0.463 e. The molecule has 0 spiro atoms. The number of fused-ring (bicyclic) bond motifs is 1. The molecule has 2 N–H and O–H groups in total. The number of carbonyl (C=O) groups excluding carboxylic acids is 1. The summed E-state index contributed by atoms with van der Waals surface area (Å²) in [6.45, 7) is 0. The van der Waals surface area contributed by atoms with E-state index >= 15 is 0 Å². The van der Waals surface area contributed by atoms with Crippen LogP contribution in [0.25, 0.3) is 11.0 Å². The minimum Gasteiger partial charge on any atom is -0.463 e. The number of ether oxygens (including phenoxy) is 1. The Kier molecular flexibility index (Phi) is 2.40. The lowest BCUT2D eigenvalue weighted by atomic mass is 10.2. The number of rotatable bonds is 1. The standard InChI is InChI=1S/C10H8BrNO3/c1-14-10(13)9-8(12)6-4-5(11)2-3-7(6)15-9/h2-4H,12H2,1H3. The fourth-order valence-corrected chi connectivity index (χ4v) is 1.69. The molecule has 0 saturated heterocycles. The number of nitrogen functional groups attached to an aromatic ring is 1. The molecule has 0 saturated carbocycles. The quantitative estimate of drug-likeness (QED) is 0.809. The Morgan fingerprint density at radius 2 is 2.27 bits per heavy atom. The molecule has 15 heavy (non-hydrogen) atoms. The highest BCUT2D eigenvalue weighted by atomic mass is 79.9. The van der Waals surface area contributed by atoms with Crippen LogP contribution in [0, 0.1) is 0 Å². The average Bonchev–Trinajstić information content (AvgIpc) is 2.55. The van der Waals surface area contributed by atoms with Gasteiger partial charge in [-0.15, -0.1) is 0 Å². The topological polar surface area (TPSA) is 65.5 Å². The van der Waals surface area contributed by atoms with Crippen molar-refractivity contribution in [3.63, 3.8) is 0 Å². The van der Waals surface area contributed by atoms with Gasteiger partial charge in [0.1, 0.15) is 5.58 Å². The summed E-state index contributed by atoms with van der Waals surface area (Å²) in [6.07, 6.45) is 0. The van der Waals surface area contributed by atoms with Crippen molar-refractivity contribution >= 4 is 38.6 Å². The first kappa shape index (κ1) is 10.0. The van der Waals surface area contributed by atoms with Gasteiger partial charge < -0.3 is 14.9 Å². The number of halogens is 1. The summed E-state index contributed by atoms with van der Waals surface area (Å²) < 4.78 is 10.7. The van der Waals surface area contributed by atoms with Gasteiger partial charge in [-0.05, 0) is 18.2 Å². The number of anilines is 1. The molecule has 0 aliphatic heterocycles. The van der Waals surface area contributed by atoms with E-state index in [9.17, 15) is 4.79 Å². The zero-order valence-electron chi connectivity index (χ0n) is 7.91. The van der Waals surface area contributed by atoms with Crippen molar-refractivity contribution in [2.24, 2.45) is 0 Å². The van der Waals surface area contributed by atoms with Gasteiger partial charge in [0.15, 0.2) is 0 Å². The smallest absolute Gasteiger partial charge is 0.376 e. The summed E-state index contributed by atoms with van der Waals surface area (Å²) in [4.78, 5) is 11.3. The Morgan fingerprint density at radius 1 is 1.53 bits per heavy atom. The van der Waals surface area contributed by atoms with Crippen molar-refractivity contribution < 1.29 is 13.9 Å². The first-order valence-corrected chi connectivity index (χ1v) is 4.98. The van der Waals surface area contributed by atoms with Crippen LogP contribution in [0.4, 0.5) is 5.69 Å². The number of carbonyl (C=O) groups is 1. The van der Waals surface area contributed by atoms with Gasteiger partial charge in [-0.2, -0.15) is 0 Å². The van der Waals surface area contributed by atoms with E-state index < -0.39 is 5.97 Å². The zero-order valence-corrected chi connectivity index (χ0v) is 9.50. The third-order valence-corrected chi connectivity index (χ3v) is 2.55. The summed E-state index contributed by atoms with van der Waals surface area (Å²) in [6, 6.07) is 5.34. The van der Waals surface area contributed by atoms with Crippen LogP contribution in [-0.4, -0.2) is 13.1 Å². The second kappa shape index (κ2) is 3.58.